The second kappa shape index (κ2) is 6.51. The van der Waals surface area contributed by atoms with Gasteiger partial charge in [-0.25, -0.2) is 0 Å². The van der Waals surface area contributed by atoms with Crippen LogP contribution < -0.4 is 0 Å². The molecule has 1 aromatic rings. The van der Waals surface area contributed by atoms with Gasteiger partial charge in [0.05, 0.1) is 5.71 Å². The first-order valence-electron chi connectivity index (χ1n) is 7.82. The maximum Gasteiger partial charge on any atom is 0.106 e. The van der Waals surface area contributed by atoms with Crippen LogP contribution in [0, 0.1) is 15.4 Å². The van der Waals surface area contributed by atoms with Crippen LogP contribution in [-0.4, -0.2) is 12.8 Å². The molecule has 112 valence electrons. The van der Waals surface area contributed by atoms with Crippen molar-refractivity contribution in [2.24, 2.45) is 17.0 Å². The van der Waals surface area contributed by atoms with Gasteiger partial charge in [-0.3, -0.25) is 0 Å². The summed E-state index contributed by atoms with van der Waals surface area (Å²) in [4.78, 5) is 5.11. The van der Waals surface area contributed by atoms with Crippen molar-refractivity contribution >= 4 is 33.9 Å². The molecular formula is C18H22INO. The molecule has 1 unspecified atom stereocenters. The van der Waals surface area contributed by atoms with E-state index >= 15 is 0 Å². The molecule has 1 aromatic carbocycles. The van der Waals surface area contributed by atoms with Gasteiger partial charge in [-0.2, -0.15) is 0 Å². The van der Waals surface area contributed by atoms with Crippen LogP contribution in [0.25, 0.3) is 5.57 Å². The van der Waals surface area contributed by atoms with Crippen molar-refractivity contribution in [2.75, 3.05) is 7.11 Å². The quantitative estimate of drug-likeness (QED) is 0.386. The molecule has 0 radical (unpaired) electrons. The van der Waals surface area contributed by atoms with Gasteiger partial charge in [0.15, 0.2) is 0 Å². The van der Waals surface area contributed by atoms with Crippen molar-refractivity contribution in [3.8, 4) is 0 Å². The van der Waals surface area contributed by atoms with E-state index in [1.165, 1.54) is 46.0 Å². The number of oxime groups is 1. The monoisotopic (exact) mass is 395 g/mol. The summed E-state index contributed by atoms with van der Waals surface area (Å²) in [5, 5.41) is 4.33. The van der Waals surface area contributed by atoms with Crippen molar-refractivity contribution in [3.63, 3.8) is 0 Å². The first kappa shape index (κ1) is 15.1. The van der Waals surface area contributed by atoms with Gasteiger partial charge in [-0.15, -0.1) is 0 Å². The summed E-state index contributed by atoms with van der Waals surface area (Å²) in [6.45, 7) is 2.18. The molecule has 2 aliphatic rings. The lowest BCUT2D eigenvalue weighted by atomic mass is 9.78. The number of fused-ring (bicyclic) bond motifs is 2. The predicted molar refractivity (Wildman–Crippen MR) is 96.3 cm³/mol. The molecule has 0 N–H and O–H groups in total. The van der Waals surface area contributed by atoms with Gasteiger partial charge >= 0.3 is 0 Å². The Balaban J connectivity index is 2.09. The zero-order valence-corrected chi connectivity index (χ0v) is 14.9. The number of hydrogen-bond acceptors (Lipinski definition) is 2. The molecule has 21 heavy (non-hydrogen) atoms. The maximum atomic E-state index is 5.11. The second-order valence-electron chi connectivity index (χ2n) is 6.05. The smallest absolute Gasteiger partial charge is 0.106 e. The number of benzene rings is 1. The molecule has 0 amide bonds. The lowest BCUT2D eigenvalue weighted by Gasteiger charge is -2.27. The summed E-state index contributed by atoms with van der Waals surface area (Å²) in [7, 11) is 1.65. The third kappa shape index (κ3) is 3.03. The molecule has 0 aromatic heterocycles. The fraction of sp³-hybridized carbons (Fsp3) is 0.500. The minimum Gasteiger partial charge on any atom is -0.399 e. The van der Waals surface area contributed by atoms with Crippen LogP contribution in [0.3, 0.4) is 0 Å². The van der Waals surface area contributed by atoms with Crippen LogP contribution in [0.15, 0.2) is 35.0 Å². The third-order valence-corrected chi connectivity index (χ3v) is 5.53. The van der Waals surface area contributed by atoms with E-state index in [9.17, 15) is 0 Å². The van der Waals surface area contributed by atoms with Crippen LogP contribution in [0.2, 0.25) is 0 Å². The lowest BCUT2D eigenvalue weighted by molar-refractivity contribution is 0.212. The zero-order valence-electron chi connectivity index (χ0n) is 12.7. The van der Waals surface area contributed by atoms with E-state index in [0.717, 1.165) is 18.1 Å². The average molecular weight is 395 g/mol. The average Bonchev–Trinajstić information content (AvgIpc) is 2.88. The predicted octanol–water partition coefficient (Wildman–Crippen LogP) is 5.28. The number of allylic oxidation sites excluding steroid dienone is 2. The number of hydrogen-bond donors (Lipinski definition) is 0. The summed E-state index contributed by atoms with van der Waals surface area (Å²) in [5.74, 6) is 1.56. The molecule has 3 heteroatoms. The van der Waals surface area contributed by atoms with Gasteiger partial charge < -0.3 is 4.84 Å². The van der Waals surface area contributed by atoms with Crippen LogP contribution in [-0.2, 0) is 4.84 Å². The van der Waals surface area contributed by atoms with Gasteiger partial charge in [-0.05, 0) is 95.4 Å². The van der Waals surface area contributed by atoms with E-state index < -0.39 is 0 Å². The fourth-order valence-corrected chi connectivity index (χ4v) is 4.28. The number of halogens is 1. The fourth-order valence-electron chi connectivity index (χ4n) is 3.92. The summed E-state index contributed by atoms with van der Waals surface area (Å²) in [6, 6.07) is 8.94. The third-order valence-electron chi connectivity index (χ3n) is 4.81. The van der Waals surface area contributed by atoms with Crippen LogP contribution in [0.5, 0.6) is 0 Å². The van der Waals surface area contributed by atoms with Gasteiger partial charge in [0, 0.05) is 3.57 Å². The minimum atomic E-state index is 0.687. The molecule has 1 saturated carbocycles. The van der Waals surface area contributed by atoms with Crippen LogP contribution >= 0.6 is 22.6 Å². The molecule has 2 nitrogen and oxygen atoms in total. The highest BCUT2D eigenvalue weighted by Gasteiger charge is 2.36. The Labute approximate surface area is 140 Å². The SMILES string of the molecule is CCC(=NOC)C1=C(c2ccc(I)cc2)CC2CC[C@H]1C2. The molecular weight excluding hydrogens is 373 g/mol. The number of rotatable bonds is 4. The Hall–Kier alpha value is -0.840. The van der Waals surface area contributed by atoms with E-state index in [0.29, 0.717) is 5.92 Å². The van der Waals surface area contributed by atoms with E-state index in [4.69, 9.17) is 4.84 Å². The van der Waals surface area contributed by atoms with Gasteiger partial charge in [0.1, 0.15) is 7.11 Å². The van der Waals surface area contributed by atoms with Gasteiger partial charge in [0.25, 0.3) is 0 Å². The summed E-state index contributed by atoms with van der Waals surface area (Å²) in [5.41, 5.74) is 5.52. The topological polar surface area (TPSA) is 21.6 Å². The molecule has 2 aliphatic carbocycles. The molecule has 0 aliphatic heterocycles. The van der Waals surface area contributed by atoms with Gasteiger partial charge in [-0.1, -0.05) is 24.2 Å². The van der Waals surface area contributed by atoms with Crippen molar-refractivity contribution in [1.82, 2.24) is 0 Å². The first-order valence-corrected chi connectivity index (χ1v) is 8.90. The lowest BCUT2D eigenvalue weighted by Crippen LogP contribution is -2.18. The molecule has 3 rings (SSSR count). The Morgan fingerprint density at radius 3 is 2.71 bits per heavy atom. The summed E-state index contributed by atoms with van der Waals surface area (Å²) >= 11 is 2.37. The second-order valence-corrected chi connectivity index (χ2v) is 7.30. The Morgan fingerprint density at radius 1 is 1.29 bits per heavy atom. The normalized spacial score (nSPS) is 25.4. The first-order chi connectivity index (χ1) is 10.2. The maximum absolute atomic E-state index is 5.11. The minimum absolute atomic E-state index is 0.687. The highest BCUT2D eigenvalue weighted by atomic mass is 127. The van der Waals surface area contributed by atoms with E-state index in [2.05, 4.69) is 58.9 Å². The molecule has 1 fully saturated rings. The summed E-state index contributed by atoms with van der Waals surface area (Å²) in [6.07, 6.45) is 6.17. The molecule has 0 saturated heterocycles. The van der Waals surface area contributed by atoms with Crippen molar-refractivity contribution < 1.29 is 4.84 Å². The Bertz CT molecular complexity index is 573. The number of nitrogens with zero attached hydrogens (tertiary/aromatic N) is 1. The largest absolute Gasteiger partial charge is 0.399 e. The molecule has 2 atom stereocenters. The van der Waals surface area contributed by atoms with Crippen LogP contribution in [0.1, 0.15) is 44.6 Å². The highest BCUT2D eigenvalue weighted by molar-refractivity contribution is 14.1. The molecule has 0 spiro atoms. The standard InChI is InChI=1S/C18H22INO/c1-3-17(20-21-2)18-14-5-4-12(10-14)11-16(18)13-6-8-15(19)9-7-13/h6-9,12,14H,3-5,10-11H2,1-2H3/t12?,14-/m0/s1. The highest BCUT2D eigenvalue weighted by Crippen LogP contribution is 2.49. The Kier molecular flexibility index (Phi) is 4.67. The zero-order chi connectivity index (χ0) is 14.8. The van der Waals surface area contributed by atoms with Crippen molar-refractivity contribution in [3.05, 3.63) is 39.0 Å². The molecule has 2 bridgehead atoms. The van der Waals surface area contributed by atoms with E-state index in [-0.39, 0.29) is 0 Å². The van der Waals surface area contributed by atoms with E-state index in [1.807, 2.05) is 0 Å². The summed E-state index contributed by atoms with van der Waals surface area (Å²) < 4.78 is 1.29. The van der Waals surface area contributed by atoms with Crippen molar-refractivity contribution in [2.45, 2.75) is 39.0 Å². The van der Waals surface area contributed by atoms with E-state index in [1.54, 1.807) is 7.11 Å². The van der Waals surface area contributed by atoms with Crippen molar-refractivity contribution in [1.29, 1.82) is 0 Å². The van der Waals surface area contributed by atoms with Gasteiger partial charge in [0.2, 0.25) is 0 Å². The Morgan fingerprint density at radius 2 is 2.05 bits per heavy atom. The van der Waals surface area contributed by atoms with Crippen LogP contribution in [0.4, 0.5) is 0 Å². The molecule has 0 heterocycles.